The average Bonchev–Trinajstić information content (AvgIpc) is 2.63. The highest BCUT2D eigenvalue weighted by Gasteiger charge is 2.47. The van der Waals surface area contributed by atoms with Crippen LogP contribution < -0.4 is 0 Å². The molecule has 1 N–H and O–H groups in total. The predicted octanol–water partition coefficient (Wildman–Crippen LogP) is 1.91. The number of aliphatic hydroxyl groups is 1. The van der Waals surface area contributed by atoms with Gasteiger partial charge in [0, 0.05) is 27.7 Å². The van der Waals surface area contributed by atoms with Crippen LogP contribution >= 0.6 is 0 Å². The highest BCUT2D eigenvalue weighted by atomic mass is 32.2. The van der Waals surface area contributed by atoms with Crippen molar-refractivity contribution >= 4 is 10.8 Å². The molecule has 0 aromatic heterocycles. The smallest absolute Gasteiger partial charge is 0.0994 e. The lowest BCUT2D eigenvalue weighted by Gasteiger charge is -2.36. The minimum absolute atomic E-state index is 0.151. The van der Waals surface area contributed by atoms with Gasteiger partial charge >= 0.3 is 0 Å². The second kappa shape index (κ2) is 4.73. The van der Waals surface area contributed by atoms with Gasteiger partial charge in [0.15, 0.2) is 0 Å². The highest BCUT2D eigenvalue weighted by molar-refractivity contribution is 7.86. The molecule has 2 atom stereocenters. The summed E-state index contributed by atoms with van der Waals surface area (Å²) in [7, 11) is -0.755. The summed E-state index contributed by atoms with van der Waals surface area (Å²) in [4.78, 5) is 0. The van der Waals surface area contributed by atoms with Crippen molar-refractivity contribution < 1.29 is 9.32 Å². The summed E-state index contributed by atoms with van der Waals surface area (Å²) < 4.78 is 12.0. The monoisotopic (exact) mass is 275 g/mol. The van der Waals surface area contributed by atoms with Gasteiger partial charge in [-0.25, -0.2) is 0 Å². The van der Waals surface area contributed by atoms with Crippen molar-refractivity contribution in [2.24, 2.45) is 0 Å². The van der Waals surface area contributed by atoms with E-state index < -0.39 is 16.4 Å². The number of hydrogen-bond acceptors (Lipinski definition) is 3. The lowest BCUT2D eigenvalue weighted by molar-refractivity contribution is 0.0230. The molecule has 2 aliphatic rings. The van der Waals surface area contributed by atoms with E-state index in [0.29, 0.717) is 24.8 Å². The molecule has 3 nitrogen and oxygen atoms in total. The van der Waals surface area contributed by atoms with Crippen LogP contribution in [0.25, 0.3) is 0 Å². The Labute approximate surface area is 115 Å². The topological polar surface area (TPSA) is 61.1 Å². The van der Waals surface area contributed by atoms with Gasteiger partial charge in [-0.1, -0.05) is 18.2 Å². The summed E-state index contributed by atoms with van der Waals surface area (Å²) in [6.07, 6.45) is 3.66. The fraction of sp³-hybridized carbons (Fsp3) is 0.533. The number of fused-ring (bicyclic) bond motifs is 2. The Bertz CT molecular complexity index is 548. The maximum atomic E-state index is 12.0. The first-order valence-corrected chi connectivity index (χ1v) is 7.99. The first kappa shape index (κ1) is 12.8. The standard InChI is InChI=1S/C15H17NO2S/c16-10-12-4-2-1-3-11(12)7-15(17)8-13-5-6-14(9-15)19(13)18/h1-4,13-14,17H,5-9H2. The molecule has 1 aromatic carbocycles. The van der Waals surface area contributed by atoms with Gasteiger partial charge in [0.1, 0.15) is 0 Å². The molecule has 2 unspecified atom stereocenters. The van der Waals surface area contributed by atoms with Crippen molar-refractivity contribution in [2.75, 3.05) is 0 Å². The summed E-state index contributed by atoms with van der Waals surface area (Å²) in [6.45, 7) is 0. The molecular weight excluding hydrogens is 258 g/mol. The molecule has 4 heteroatoms. The third-order valence-corrected chi connectivity index (χ3v) is 6.46. The number of benzene rings is 1. The van der Waals surface area contributed by atoms with Gasteiger partial charge in [-0.3, -0.25) is 4.21 Å². The Kier molecular flexibility index (Phi) is 3.20. The zero-order valence-corrected chi connectivity index (χ0v) is 11.5. The lowest BCUT2D eigenvalue weighted by Crippen LogP contribution is -2.44. The fourth-order valence-corrected chi connectivity index (χ4v) is 5.69. The van der Waals surface area contributed by atoms with E-state index in [-0.39, 0.29) is 10.5 Å². The van der Waals surface area contributed by atoms with Crippen LogP contribution in [-0.2, 0) is 17.2 Å². The number of hydrogen-bond donors (Lipinski definition) is 1. The van der Waals surface area contributed by atoms with Crippen LogP contribution in [0.1, 0.15) is 36.8 Å². The van der Waals surface area contributed by atoms with E-state index in [4.69, 9.17) is 5.26 Å². The lowest BCUT2D eigenvalue weighted by atomic mass is 9.85. The van der Waals surface area contributed by atoms with Crippen molar-refractivity contribution in [3.63, 3.8) is 0 Å². The summed E-state index contributed by atoms with van der Waals surface area (Å²) in [5.74, 6) is 0. The zero-order chi connectivity index (χ0) is 13.5. The Hall–Kier alpha value is -1.18. The molecule has 1 aromatic rings. The summed E-state index contributed by atoms with van der Waals surface area (Å²) >= 11 is 0. The number of nitriles is 1. The van der Waals surface area contributed by atoms with E-state index in [1.807, 2.05) is 18.2 Å². The molecule has 100 valence electrons. The Morgan fingerprint density at radius 2 is 1.95 bits per heavy atom. The van der Waals surface area contributed by atoms with E-state index >= 15 is 0 Å². The van der Waals surface area contributed by atoms with Gasteiger partial charge < -0.3 is 5.11 Å². The van der Waals surface area contributed by atoms with E-state index in [9.17, 15) is 9.32 Å². The maximum absolute atomic E-state index is 12.0. The Balaban J connectivity index is 1.84. The molecule has 0 spiro atoms. The van der Waals surface area contributed by atoms with Gasteiger partial charge in [-0.05, 0) is 37.3 Å². The molecule has 2 saturated heterocycles. The largest absolute Gasteiger partial charge is 0.389 e. The minimum Gasteiger partial charge on any atom is -0.389 e. The first-order chi connectivity index (χ1) is 9.11. The van der Waals surface area contributed by atoms with E-state index in [1.54, 1.807) is 6.07 Å². The van der Waals surface area contributed by atoms with Crippen molar-refractivity contribution in [3.05, 3.63) is 35.4 Å². The molecule has 0 amide bonds. The van der Waals surface area contributed by atoms with Gasteiger partial charge in [0.25, 0.3) is 0 Å². The molecule has 2 bridgehead atoms. The third-order valence-electron chi connectivity index (χ3n) is 4.34. The summed E-state index contributed by atoms with van der Waals surface area (Å²) in [5, 5.41) is 20.2. The van der Waals surface area contributed by atoms with Crippen LogP contribution in [0.15, 0.2) is 24.3 Å². The zero-order valence-electron chi connectivity index (χ0n) is 10.7. The van der Waals surface area contributed by atoms with Crippen LogP contribution in [-0.4, -0.2) is 25.4 Å². The molecule has 19 heavy (non-hydrogen) atoms. The number of nitrogens with zero attached hydrogens (tertiary/aromatic N) is 1. The molecule has 0 saturated carbocycles. The summed E-state index contributed by atoms with van der Waals surface area (Å²) in [6, 6.07) is 9.61. The van der Waals surface area contributed by atoms with Crippen molar-refractivity contribution in [1.29, 1.82) is 5.26 Å². The predicted molar refractivity (Wildman–Crippen MR) is 74.0 cm³/mol. The SMILES string of the molecule is N#Cc1ccccc1CC1(O)CC2CCC(C1)S2=O. The van der Waals surface area contributed by atoms with Gasteiger partial charge in [-0.2, -0.15) is 5.26 Å². The van der Waals surface area contributed by atoms with Crippen molar-refractivity contribution in [1.82, 2.24) is 0 Å². The second-order valence-corrected chi connectivity index (χ2v) is 7.72. The van der Waals surface area contributed by atoms with Crippen molar-refractivity contribution in [2.45, 2.75) is 48.2 Å². The van der Waals surface area contributed by atoms with Gasteiger partial charge in [0.05, 0.1) is 17.2 Å². The van der Waals surface area contributed by atoms with Crippen LogP contribution in [0.4, 0.5) is 0 Å². The summed E-state index contributed by atoms with van der Waals surface area (Å²) in [5.41, 5.74) is 0.752. The van der Waals surface area contributed by atoms with E-state index in [0.717, 1.165) is 18.4 Å². The van der Waals surface area contributed by atoms with Crippen LogP contribution in [0.3, 0.4) is 0 Å². The fourth-order valence-electron chi connectivity index (χ4n) is 3.46. The average molecular weight is 275 g/mol. The van der Waals surface area contributed by atoms with Gasteiger partial charge in [0.2, 0.25) is 0 Å². The maximum Gasteiger partial charge on any atom is 0.0994 e. The van der Waals surface area contributed by atoms with Crippen LogP contribution in [0.2, 0.25) is 0 Å². The van der Waals surface area contributed by atoms with Crippen LogP contribution in [0.5, 0.6) is 0 Å². The van der Waals surface area contributed by atoms with Crippen LogP contribution in [0, 0.1) is 11.3 Å². The number of rotatable bonds is 2. The second-order valence-electron chi connectivity index (χ2n) is 5.73. The Morgan fingerprint density at radius 3 is 2.58 bits per heavy atom. The highest BCUT2D eigenvalue weighted by Crippen LogP contribution is 2.42. The molecule has 2 fully saturated rings. The molecule has 3 rings (SSSR count). The Morgan fingerprint density at radius 1 is 1.32 bits per heavy atom. The van der Waals surface area contributed by atoms with E-state index in [1.165, 1.54) is 0 Å². The molecule has 0 aliphatic carbocycles. The van der Waals surface area contributed by atoms with E-state index in [2.05, 4.69) is 6.07 Å². The van der Waals surface area contributed by atoms with Crippen molar-refractivity contribution in [3.8, 4) is 6.07 Å². The quantitative estimate of drug-likeness (QED) is 0.896. The molecule has 0 radical (unpaired) electrons. The molecular formula is C15H17NO2S. The van der Waals surface area contributed by atoms with Gasteiger partial charge in [-0.15, -0.1) is 0 Å². The third kappa shape index (κ3) is 2.33. The normalized spacial score (nSPS) is 36.9. The molecule has 2 aliphatic heterocycles. The molecule has 2 heterocycles. The first-order valence-electron chi connectivity index (χ1n) is 6.71. The minimum atomic E-state index is -0.785.